The Bertz CT molecular complexity index is 549. The van der Waals surface area contributed by atoms with E-state index < -0.39 is 40.9 Å². The van der Waals surface area contributed by atoms with Crippen LogP contribution in [0.5, 0.6) is 5.75 Å². The summed E-state index contributed by atoms with van der Waals surface area (Å²) >= 11 is 0. The molecule has 0 heterocycles. The fraction of sp³-hybridized carbons (Fsp3) is 0.467. The standard InChI is InChI=1S/C15H19F2NO4/c1-2-3-4-5-6-11(15(20)21)22-10-8-7-9(16)12(13(10)17)14(18)19/h7-8,11H,2-6H2,1H3,(H2,18,19)(H,20,21). The molecule has 0 saturated heterocycles. The Morgan fingerprint density at radius 2 is 1.95 bits per heavy atom. The topological polar surface area (TPSA) is 89.6 Å². The molecule has 0 aromatic heterocycles. The summed E-state index contributed by atoms with van der Waals surface area (Å²) in [6.07, 6.45) is 2.32. The Hall–Kier alpha value is -2.18. The van der Waals surface area contributed by atoms with Gasteiger partial charge >= 0.3 is 5.97 Å². The van der Waals surface area contributed by atoms with Crippen molar-refractivity contribution in [2.75, 3.05) is 0 Å². The van der Waals surface area contributed by atoms with Gasteiger partial charge < -0.3 is 15.6 Å². The number of nitrogens with two attached hydrogens (primary N) is 1. The number of carboxylic acids is 1. The summed E-state index contributed by atoms with van der Waals surface area (Å²) in [4.78, 5) is 22.2. The van der Waals surface area contributed by atoms with E-state index in [4.69, 9.17) is 15.6 Å². The lowest BCUT2D eigenvalue weighted by Gasteiger charge is -2.16. The summed E-state index contributed by atoms with van der Waals surface area (Å²) in [5.74, 6) is -5.44. The number of amides is 1. The number of unbranched alkanes of at least 4 members (excludes halogenated alkanes) is 3. The highest BCUT2D eigenvalue weighted by molar-refractivity contribution is 5.93. The molecule has 1 aromatic rings. The van der Waals surface area contributed by atoms with Crippen LogP contribution < -0.4 is 10.5 Å². The monoisotopic (exact) mass is 315 g/mol. The summed E-state index contributed by atoms with van der Waals surface area (Å²) in [7, 11) is 0. The van der Waals surface area contributed by atoms with Crippen LogP contribution in [0.3, 0.4) is 0 Å². The average molecular weight is 315 g/mol. The lowest BCUT2D eigenvalue weighted by atomic mass is 10.1. The highest BCUT2D eigenvalue weighted by Gasteiger charge is 2.24. The van der Waals surface area contributed by atoms with Crippen molar-refractivity contribution in [2.24, 2.45) is 5.73 Å². The highest BCUT2D eigenvalue weighted by atomic mass is 19.1. The van der Waals surface area contributed by atoms with Crippen molar-refractivity contribution in [2.45, 2.75) is 45.1 Å². The Kier molecular flexibility index (Phi) is 6.75. The van der Waals surface area contributed by atoms with Gasteiger partial charge in [0.15, 0.2) is 17.7 Å². The number of rotatable bonds is 9. The van der Waals surface area contributed by atoms with Gasteiger partial charge in [-0.2, -0.15) is 0 Å². The van der Waals surface area contributed by atoms with Crippen LogP contribution in [-0.4, -0.2) is 23.1 Å². The van der Waals surface area contributed by atoms with E-state index in [1.54, 1.807) is 0 Å². The fourth-order valence-corrected chi connectivity index (χ4v) is 1.99. The summed E-state index contributed by atoms with van der Waals surface area (Å²) in [6, 6.07) is 1.76. The molecule has 1 amide bonds. The van der Waals surface area contributed by atoms with Crippen LogP contribution in [0.1, 0.15) is 49.4 Å². The molecule has 0 aliphatic rings. The maximum Gasteiger partial charge on any atom is 0.344 e. The molecule has 0 spiro atoms. The van der Waals surface area contributed by atoms with Crippen molar-refractivity contribution in [1.29, 1.82) is 0 Å². The second-order valence-corrected chi connectivity index (χ2v) is 4.89. The molecule has 0 bridgehead atoms. The maximum absolute atomic E-state index is 14.0. The number of carboxylic acid groups (broad SMARTS) is 1. The number of carbonyl (C=O) groups is 2. The Morgan fingerprint density at radius 3 is 2.50 bits per heavy atom. The second-order valence-electron chi connectivity index (χ2n) is 4.89. The van der Waals surface area contributed by atoms with E-state index in [2.05, 4.69) is 0 Å². The van der Waals surface area contributed by atoms with Gasteiger partial charge in [0.1, 0.15) is 11.4 Å². The first-order chi connectivity index (χ1) is 10.4. The third-order valence-electron chi connectivity index (χ3n) is 3.17. The van der Waals surface area contributed by atoms with Gasteiger partial charge in [0, 0.05) is 0 Å². The van der Waals surface area contributed by atoms with E-state index in [-0.39, 0.29) is 6.42 Å². The zero-order chi connectivity index (χ0) is 16.7. The molecular weight excluding hydrogens is 296 g/mol. The minimum absolute atomic E-state index is 0.193. The van der Waals surface area contributed by atoms with Gasteiger partial charge in [0.05, 0.1) is 0 Å². The summed E-state index contributed by atoms with van der Waals surface area (Å²) in [5.41, 5.74) is 3.96. The first-order valence-corrected chi connectivity index (χ1v) is 7.05. The molecule has 122 valence electrons. The predicted molar refractivity (Wildman–Crippen MR) is 75.7 cm³/mol. The number of benzene rings is 1. The molecule has 1 unspecified atom stereocenters. The highest BCUT2D eigenvalue weighted by Crippen LogP contribution is 2.25. The smallest absolute Gasteiger partial charge is 0.344 e. The van der Waals surface area contributed by atoms with Crippen molar-refractivity contribution in [3.8, 4) is 5.75 Å². The predicted octanol–water partition coefficient (Wildman–Crippen LogP) is 2.87. The van der Waals surface area contributed by atoms with E-state index in [1.165, 1.54) is 0 Å². The van der Waals surface area contributed by atoms with Crippen molar-refractivity contribution in [1.82, 2.24) is 0 Å². The van der Waals surface area contributed by atoms with Crippen LogP contribution >= 0.6 is 0 Å². The molecule has 0 aliphatic heterocycles. The summed E-state index contributed by atoms with van der Waals surface area (Å²) in [5, 5.41) is 9.10. The van der Waals surface area contributed by atoms with Crippen LogP contribution in [0.4, 0.5) is 8.78 Å². The minimum Gasteiger partial charge on any atom is -0.479 e. The number of halogens is 2. The van der Waals surface area contributed by atoms with Crippen LogP contribution in [-0.2, 0) is 4.79 Å². The third-order valence-corrected chi connectivity index (χ3v) is 3.17. The summed E-state index contributed by atoms with van der Waals surface area (Å²) < 4.78 is 32.4. The van der Waals surface area contributed by atoms with E-state index in [1.807, 2.05) is 6.92 Å². The number of carbonyl (C=O) groups excluding carboxylic acids is 1. The number of aliphatic carboxylic acids is 1. The van der Waals surface area contributed by atoms with Crippen molar-refractivity contribution >= 4 is 11.9 Å². The normalized spacial score (nSPS) is 12.0. The molecule has 1 rings (SSSR count). The first-order valence-electron chi connectivity index (χ1n) is 7.05. The Morgan fingerprint density at radius 1 is 1.27 bits per heavy atom. The zero-order valence-electron chi connectivity index (χ0n) is 12.3. The SMILES string of the molecule is CCCCCCC(Oc1ccc(F)c(C(N)=O)c1F)C(=O)O. The molecule has 0 radical (unpaired) electrons. The molecular formula is C15H19F2NO4. The van der Waals surface area contributed by atoms with Crippen LogP contribution in [0.2, 0.25) is 0 Å². The first kappa shape index (κ1) is 17.9. The molecule has 1 atom stereocenters. The van der Waals surface area contributed by atoms with Gasteiger partial charge in [0.2, 0.25) is 0 Å². The van der Waals surface area contributed by atoms with Gasteiger partial charge in [-0.15, -0.1) is 0 Å². The van der Waals surface area contributed by atoms with Gasteiger partial charge in [-0.05, 0) is 25.0 Å². The number of hydrogen-bond acceptors (Lipinski definition) is 3. The molecule has 3 N–H and O–H groups in total. The van der Waals surface area contributed by atoms with Gasteiger partial charge in [-0.3, -0.25) is 4.79 Å². The van der Waals surface area contributed by atoms with Crippen LogP contribution in [0, 0.1) is 11.6 Å². The van der Waals surface area contributed by atoms with Crippen molar-refractivity contribution in [3.05, 3.63) is 29.3 Å². The lowest BCUT2D eigenvalue weighted by Crippen LogP contribution is -2.28. The molecule has 0 saturated carbocycles. The zero-order valence-corrected chi connectivity index (χ0v) is 12.3. The molecule has 22 heavy (non-hydrogen) atoms. The van der Waals surface area contributed by atoms with E-state index in [0.717, 1.165) is 31.4 Å². The molecule has 5 nitrogen and oxygen atoms in total. The lowest BCUT2D eigenvalue weighted by molar-refractivity contribution is -0.145. The number of primary amides is 1. The molecule has 7 heteroatoms. The number of hydrogen-bond donors (Lipinski definition) is 2. The Labute approximate surface area is 127 Å². The van der Waals surface area contributed by atoms with Crippen molar-refractivity contribution < 1.29 is 28.2 Å². The largest absolute Gasteiger partial charge is 0.479 e. The third kappa shape index (κ3) is 4.68. The quantitative estimate of drug-likeness (QED) is 0.686. The Balaban J connectivity index is 2.88. The second kappa shape index (κ2) is 8.31. The molecule has 0 aliphatic carbocycles. The van der Waals surface area contributed by atoms with Crippen LogP contribution in [0.25, 0.3) is 0 Å². The van der Waals surface area contributed by atoms with Crippen LogP contribution in [0.15, 0.2) is 12.1 Å². The van der Waals surface area contributed by atoms with Gasteiger partial charge in [-0.25, -0.2) is 13.6 Å². The number of ether oxygens (including phenoxy) is 1. The van der Waals surface area contributed by atoms with Gasteiger partial charge in [0.25, 0.3) is 5.91 Å². The van der Waals surface area contributed by atoms with Gasteiger partial charge in [-0.1, -0.05) is 26.2 Å². The molecule has 0 fully saturated rings. The minimum atomic E-state index is -1.28. The fourth-order valence-electron chi connectivity index (χ4n) is 1.99. The van der Waals surface area contributed by atoms with Crippen molar-refractivity contribution in [3.63, 3.8) is 0 Å². The van der Waals surface area contributed by atoms with E-state index in [9.17, 15) is 18.4 Å². The van der Waals surface area contributed by atoms with E-state index >= 15 is 0 Å². The molecule has 1 aromatic carbocycles. The summed E-state index contributed by atoms with van der Waals surface area (Å²) in [6.45, 7) is 2.02. The maximum atomic E-state index is 14.0. The average Bonchev–Trinajstić information content (AvgIpc) is 2.44. The van der Waals surface area contributed by atoms with E-state index in [0.29, 0.717) is 6.42 Å².